The Bertz CT molecular complexity index is 613. The molecule has 122 valence electrons. The molecule has 0 fully saturated rings. The number of amides is 1. The molecule has 0 aliphatic heterocycles. The number of nitrogens with one attached hydrogen (secondary N) is 2. The minimum absolute atomic E-state index is 0.0597. The third-order valence-electron chi connectivity index (χ3n) is 2.97. The second-order valence-corrected chi connectivity index (χ2v) is 4.57. The van der Waals surface area contributed by atoms with Gasteiger partial charge in [-0.15, -0.1) is 0 Å². The topological polar surface area (TPSA) is 100 Å². The Morgan fingerprint density at radius 3 is 2.35 bits per heavy atom. The number of nitrogens with zero attached hydrogens (tertiary/aromatic N) is 1. The molecule has 7 heteroatoms. The average Bonchev–Trinajstić information content (AvgIpc) is 2.55. The summed E-state index contributed by atoms with van der Waals surface area (Å²) in [5.41, 5.74) is 0.949. The molecule has 7 nitrogen and oxygen atoms in total. The predicted octanol–water partition coefficient (Wildman–Crippen LogP) is 1.44. The maximum absolute atomic E-state index is 12.0. The molecule has 0 unspecified atom stereocenters. The van der Waals surface area contributed by atoms with Gasteiger partial charge in [0.05, 0.1) is 6.54 Å². The van der Waals surface area contributed by atoms with E-state index in [0.717, 1.165) is 0 Å². The van der Waals surface area contributed by atoms with Crippen LogP contribution in [-0.2, 0) is 14.3 Å². The Morgan fingerprint density at radius 1 is 1.26 bits per heavy atom. The van der Waals surface area contributed by atoms with Crippen LogP contribution in [0.15, 0.2) is 36.0 Å². The highest BCUT2D eigenvalue weighted by molar-refractivity contribution is 6.06. The number of benzene rings is 1. The molecule has 0 atom stereocenters. The van der Waals surface area contributed by atoms with Crippen molar-refractivity contribution < 1.29 is 19.1 Å². The minimum Gasteiger partial charge on any atom is -0.385 e. The van der Waals surface area contributed by atoms with E-state index in [9.17, 15) is 9.59 Å². The lowest BCUT2D eigenvalue weighted by Gasteiger charge is -2.12. The molecular weight excluding hydrogens is 298 g/mol. The molecule has 0 bridgehead atoms. The molecule has 0 saturated carbocycles. The van der Waals surface area contributed by atoms with Crippen LogP contribution in [0.4, 0.5) is 5.69 Å². The van der Waals surface area contributed by atoms with Gasteiger partial charge < -0.3 is 20.1 Å². The zero-order chi connectivity index (χ0) is 17.2. The lowest BCUT2D eigenvalue weighted by Crippen LogP contribution is -2.27. The van der Waals surface area contributed by atoms with Gasteiger partial charge in [-0.1, -0.05) is 0 Å². The van der Waals surface area contributed by atoms with Gasteiger partial charge in [0, 0.05) is 31.7 Å². The van der Waals surface area contributed by atoms with Gasteiger partial charge in [-0.2, -0.15) is 5.26 Å². The maximum Gasteiger partial charge on any atom is 0.267 e. The van der Waals surface area contributed by atoms with Crippen molar-refractivity contribution in [3.8, 4) is 6.07 Å². The van der Waals surface area contributed by atoms with Crippen molar-refractivity contribution in [3.05, 3.63) is 41.6 Å². The fourth-order valence-electron chi connectivity index (χ4n) is 1.66. The number of carbonyl (C=O) groups excluding carboxylic acids is 2. The summed E-state index contributed by atoms with van der Waals surface area (Å²) in [6, 6.07) is 8.22. The zero-order valence-corrected chi connectivity index (χ0v) is 13.3. The first-order valence-corrected chi connectivity index (χ1v) is 6.83. The fraction of sp³-hybridized carbons (Fsp3) is 0.312. The van der Waals surface area contributed by atoms with Crippen LogP contribution in [0.2, 0.25) is 0 Å². The molecule has 0 saturated heterocycles. The predicted molar refractivity (Wildman–Crippen MR) is 84.6 cm³/mol. The van der Waals surface area contributed by atoms with Crippen LogP contribution < -0.4 is 10.6 Å². The third kappa shape index (κ3) is 5.90. The first kappa shape index (κ1) is 18.4. The first-order valence-electron chi connectivity index (χ1n) is 6.83. The number of methoxy groups -OCH3 is 2. The molecule has 0 radical (unpaired) electrons. The molecular formula is C16H19N3O4. The second-order valence-electron chi connectivity index (χ2n) is 4.57. The van der Waals surface area contributed by atoms with Crippen molar-refractivity contribution in [1.29, 1.82) is 5.26 Å². The van der Waals surface area contributed by atoms with Gasteiger partial charge >= 0.3 is 0 Å². The molecule has 1 aromatic rings. The van der Waals surface area contributed by atoms with E-state index >= 15 is 0 Å². The fourth-order valence-corrected chi connectivity index (χ4v) is 1.66. The van der Waals surface area contributed by atoms with Gasteiger partial charge in [0.1, 0.15) is 11.6 Å². The molecule has 0 aliphatic carbocycles. The third-order valence-corrected chi connectivity index (χ3v) is 2.97. The van der Waals surface area contributed by atoms with Crippen LogP contribution in [0, 0.1) is 11.3 Å². The highest BCUT2D eigenvalue weighted by Gasteiger charge is 2.10. The van der Waals surface area contributed by atoms with E-state index < -0.39 is 12.2 Å². The Balaban J connectivity index is 2.66. The van der Waals surface area contributed by atoms with Crippen molar-refractivity contribution in [2.75, 3.05) is 26.1 Å². The summed E-state index contributed by atoms with van der Waals surface area (Å²) in [6.07, 6.45) is 0.818. The average molecular weight is 317 g/mol. The van der Waals surface area contributed by atoms with Crippen molar-refractivity contribution in [2.24, 2.45) is 0 Å². The Kier molecular flexibility index (Phi) is 7.47. The van der Waals surface area contributed by atoms with Crippen molar-refractivity contribution >= 4 is 17.4 Å². The van der Waals surface area contributed by atoms with Gasteiger partial charge in [-0.05, 0) is 31.2 Å². The summed E-state index contributed by atoms with van der Waals surface area (Å²) in [4.78, 5) is 23.2. The molecule has 0 heterocycles. The number of ether oxygens (including phenoxy) is 2. The van der Waals surface area contributed by atoms with Gasteiger partial charge in [0.2, 0.25) is 0 Å². The number of hydrogen-bond donors (Lipinski definition) is 2. The van der Waals surface area contributed by atoms with E-state index in [1.165, 1.54) is 27.3 Å². The largest absolute Gasteiger partial charge is 0.385 e. The van der Waals surface area contributed by atoms with Crippen LogP contribution in [-0.4, -0.2) is 38.7 Å². The second kappa shape index (κ2) is 9.35. The smallest absolute Gasteiger partial charge is 0.267 e. The van der Waals surface area contributed by atoms with Crippen LogP contribution in [0.25, 0.3) is 0 Å². The summed E-state index contributed by atoms with van der Waals surface area (Å²) in [5.74, 6) is -0.613. The zero-order valence-electron chi connectivity index (χ0n) is 13.3. The van der Waals surface area contributed by atoms with Gasteiger partial charge in [-0.3, -0.25) is 9.59 Å². The minimum atomic E-state index is -0.554. The first-order chi connectivity index (χ1) is 11.0. The molecule has 2 N–H and O–H groups in total. The van der Waals surface area contributed by atoms with Gasteiger partial charge in [-0.25, -0.2) is 0 Å². The van der Waals surface area contributed by atoms with Crippen molar-refractivity contribution in [2.45, 2.75) is 13.2 Å². The molecule has 0 aliphatic rings. The van der Waals surface area contributed by atoms with E-state index in [2.05, 4.69) is 10.6 Å². The van der Waals surface area contributed by atoms with E-state index in [0.29, 0.717) is 17.8 Å². The number of hydrogen-bond acceptors (Lipinski definition) is 6. The molecule has 1 rings (SSSR count). The molecule has 1 aromatic carbocycles. The van der Waals surface area contributed by atoms with Gasteiger partial charge in [0.25, 0.3) is 5.91 Å². The Labute approximate surface area is 134 Å². The molecule has 0 aromatic heterocycles. The lowest BCUT2D eigenvalue weighted by atomic mass is 10.1. The number of Topliss-reactive ketones (excluding diaryl/α,β-unsaturated/α-hetero) is 1. The van der Waals surface area contributed by atoms with Crippen molar-refractivity contribution in [1.82, 2.24) is 5.32 Å². The van der Waals surface area contributed by atoms with Crippen LogP contribution in [0.3, 0.4) is 0 Å². The number of rotatable bonds is 8. The Hall–Kier alpha value is -2.69. The number of ketones is 1. The van der Waals surface area contributed by atoms with E-state index in [4.69, 9.17) is 14.7 Å². The monoisotopic (exact) mass is 317 g/mol. The van der Waals surface area contributed by atoms with Crippen LogP contribution in [0.1, 0.15) is 17.3 Å². The highest BCUT2D eigenvalue weighted by atomic mass is 16.7. The number of nitriles is 1. The Morgan fingerprint density at radius 2 is 1.87 bits per heavy atom. The quantitative estimate of drug-likeness (QED) is 0.326. The molecule has 23 heavy (non-hydrogen) atoms. The highest BCUT2D eigenvalue weighted by Crippen LogP contribution is 2.11. The normalized spacial score (nSPS) is 11.0. The molecule has 1 amide bonds. The maximum atomic E-state index is 12.0. The number of anilines is 1. The molecule has 0 spiro atoms. The summed E-state index contributed by atoms with van der Waals surface area (Å²) in [5, 5.41) is 14.4. The number of carbonyl (C=O) groups is 2. The van der Waals surface area contributed by atoms with E-state index in [-0.39, 0.29) is 11.4 Å². The standard InChI is InChI=1S/C16H19N3O4/c1-11(20)12-4-6-14(7-5-12)19-16(21)13(8-17)9-18-10-15(22-2)23-3/h4-7,9,15,18H,10H2,1-3H3,(H,19,21)/b13-9-. The summed E-state index contributed by atoms with van der Waals surface area (Å²) in [6.45, 7) is 1.75. The summed E-state index contributed by atoms with van der Waals surface area (Å²) < 4.78 is 9.95. The lowest BCUT2D eigenvalue weighted by molar-refractivity contribution is -0.112. The van der Waals surface area contributed by atoms with E-state index in [1.54, 1.807) is 24.3 Å². The SMILES string of the molecule is COC(CN/C=C(/C#N)C(=O)Nc1ccc(C(C)=O)cc1)OC. The van der Waals surface area contributed by atoms with Gasteiger partial charge in [0.15, 0.2) is 12.1 Å². The van der Waals surface area contributed by atoms with Crippen molar-refractivity contribution in [3.63, 3.8) is 0 Å². The van der Waals surface area contributed by atoms with E-state index in [1.807, 2.05) is 6.07 Å². The summed E-state index contributed by atoms with van der Waals surface area (Å²) >= 11 is 0. The van der Waals surface area contributed by atoms with Crippen LogP contribution >= 0.6 is 0 Å². The summed E-state index contributed by atoms with van der Waals surface area (Å²) in [7, 11) is 2.98. The van der Waals surface area contributed by atoms with Crippen LogP contribution in [0.5, 0.6) is 0 Å².